The Morgan fingerprint density at radius 3 is 2.67 bits per heavy atom. The Balaban J connectivity index is 1.36. The fourth-order valence-electron chi connectivity index (χ4n) is 5.23. The van der Waals surface area contributed by atoms with Gasteiger partial charge in [-0.1, -0.05) is 11.6 Å². The van der Waals surface area contributed by atoms with Gasteiger partial charge in [0, 0.05) is 31.0 Å². The molecule has 3 aromatic heterocycles. The monoisotopic (exact) mass is 613 g/mol. The molecule has 3 heterocycles. The maximum absolute atomic E-state index is 14.0. The van der Waals surface area contributed by atoms with Crippen LogP contribution in [-0.2, 0) is 9.53 Å². The smallest absolute Gasteiger partial charge is 0.278 e. The van der Waals surface area contributed by atoms with E-state index in [1.807, 2.05) is 0 Å². The highest BCUT2D eigenvalue weighted by Gasteiger charge is 2.24. The Labute approximate surface area is 251 Å². The zero-order valence-electron chi connectivity index (χ0n) is 24.0. The average Bonchev–Trinajstić information content (AvgIpc) is 3.45. The van der Waals surface area contributed by atoms with Crippen LogP contribution in [0.4, 0.5) is 10.3 Å². The predicted molar refractivity (Wildman–Crippen MR) is 158 cm³/mol. The molecule has 0 aliphatic heterocycles. The van der Waals surface area contributed by atoms with E-state index in [1.165, 1.54) is 53.8 Å². The molecule has 3 N–H and O–H groups in total. The SMILES string of the molecule is COc1cc(F)cc([C@@H](CO)NC(=O)[C@@H](C)n2cnn3cc(-c4nc(N[C@H]5CC[C@H](OC)CC5)ncc4Cl)cc3c2=O)c1. The molecule has 43 heavy (non-hydrogen) atoms. The average molecular weight is 614 g/mol. The van der Waals surface area contributed by atoms with Gasteiger partial charge >= 0.3 is 0 Å². The lowest BCUT2D eigenvalue weighted by atomic mass is 9.93. The molecule has 0 spiro atoms. The number of fused-ring (bicyclic) bond motifs is 1. The molecule has 1 amide bonds. The number of halogens is 2. The van der Waals surface area contributed by atoms with Crippen molar-refractivity contribution in [3.8, 4) is 17.0 Å². The first kappa shape index (κ1) is 30.4. The molecule has 5 rings (SSSR count). The first-order chi connectivity index (χ1) is 20.7. The van der Waals surface area contributed by atoms with Crippen LogP contribution in [0.3, 0.4) is 0 Å². The van der Waals surface area contributed by atoms with Crippen LogP contribution in [0.15, 0.2) is 47.8 Å². The highest BCUT2D eigenvalue weighted by molar-refractivity contribution is 6.32. The van der Waals surface area contributed by atoms with E-state index in [-0.39, 0.29) is 23.4 Å². The fraction of sp³-hybridized carbons (Fsp3) is 0.414. The van der Waals surface area contributed by atoms with Crippen LogP contribution in [0.5, 0.6) is 5.75 Å². The lowest BCUT2D eigenvalue weighted by Crippen LogP contribution is -2.39. The van der Waals surface area contributed by atoms with Gasteiger partial charge in [0.25, 0.3) is 5.56 Å². The minimum Gasteiger partial charge on any atom is -0.497 e. The van der Waals surface area contributed by atoms with E-state index in [0.717, 1.165) is 25.7 Å². The fourth-order valence-corrected chi connectivity index (χ4v) is 5.43. The summed E-state index contributed by atoms with van der Waals surface area (Å²) in [6, 6.07) is 3.79. The van der Waals surface area contributed by atoms with E-state index in [0.29, 0.717) is 27.8 Å². The molecular formula is C29H33ClFN7O5. The van der Waals surface area contributed by atoms with Crippen LogP contribution in [0.25, 0.3) is 16.8 Å². The quantitative estimate of drug-likeness (QED) is 0.244. The van der Waals surface area contributed by atoms with Crippen molar-refractivity contribution in [2.24, 2.45) is 0 Å². The number of hydrogen-bond donors (Lipinski definition) is 3. The number of carbonyl (C=O) groups is 1. The predicted octanol–water partition coefficient (Wildman–Crippen LogP) is 3.53. The Morgan fingerprint density at radius 1 is 1.21 bits per heavy atom. The summed E-state index contributed by atoms with van der Waals surface area (Å²) in [7, 11) is 3.12. The van der Waals surface area contributed by atoms with Gasteiger partial charge < -0.3 is 25.2 Å². The summed E-state index contributed by atoms with van der Waals surface area (Å²) in [6.45, 7) is 1.03. The molecule has 1 aliphatic carbocycles. The lowest BCUT2D eigenvalue weighted by molar-refractivity contribution is -0.125. The first-order valence-electron chi connectivity index (χ1n) is 13.9. The molecular weight excluding hydrogens is 581 g/mol. The maximum Gasteiger partial charge on any atom is 0.278 e. The minimum absolute atomic E-state index is 0.202. The molecule has 1 fully saturated rings. The highest BCUT2D eigenvalue weighted by Crippen LogP contribution is 2.29. The number of aliphatic hydroxyl groups is 1. The number of methoxy groups -OCH3 is 2. The Hall–Kier alpha value is -4.07. The van der Waals surface area contributed by atoms with Gasteiger partial charge in [-0.05, 0) is 56.4 Å². The summed E-state index contributed by atoms with van der Waals surface area (Å²) in [4.78, 5) is 35.5. The number of amides is 1. The van der Waals surface area contributed by atoms with Crippen LogP contribution >= 0.6 is 11.6 Å². The second-order valence-corrected chi connectivity index (χ2v) is 10.9. The van der Waals surface area contributed by atoms with Crippen LogP contribution in [-0.4, -0.2) is 68.1 Å². The Morgan fingerprint density at radius 2 is 1.98 bits per heavy atom. The van der Waals surface area contributed by atoms with Crippen molar-refractivity contribution in [3.63, 3.8) is 0 Å². The summed E-state index contributed by atoms with van der Waals surface area (Å²) in [6.07, 6.45) is 8.44. The van der Waals surface area contributed by atoms with Crippen molar-refractivity contribution in [1.82, 2.24) is 29.5 Å². The summed E-state index contributed by atoms with van der Waals surface area (Å²) >= 11 is 6.46. The van der Waals surface area contributed by atoms with E-state index >= 15 is 0 Å². The van der Waals surface area contributed by atoms with Gasteiger partial charge in [0.15, 0.2) is 0 Å². The van der Waals surface area contributed by atoms with Gasteiger partial charge in [-0.2, -0.15) is 5.10 Å². The number of anilines is 1. The van der Waals surface area contributed by atoms with Gasteiger partial charge in [0.2, 0.25) is 11.9 Å². The summed E-state index contributed by atoms with van der Waals surface area (Å²) in [5.74, 6) is -0.477. The summed E-state index contributed by atoms with van der Waals surface area (Å²) in [5, 5.41) is 20.6. The number of nitrogens with zero attached hydrogens (tertiary/aromatic N) is 5. The molecule has 0 bridgehead atoms. The van der Waals surface area contributed by atoms with E-state index in [4.69, 9.17) is 21.1 Å². The van der Waals surface area contributed by atoms with Gasteiger partial charge in [-0.25, -0.2) is 18.9 Å². The number of ether oxygens (including phenoxy) is 2. The van der Waals surface area contributed by atoms with Gasteiger partial charge in [0.05, 0.1) is 42.8 Å². The number of aromatic nitrogens is 5. The first-order valence-corrected chi connectivity index (χ1v) is 14.3. The van der Waals surface area contributed by atoms with Crippen LogP contribution in [0.2, 0.25) is 5.02 Å². The zero-order chi connectivity index (χ0) is 30.7. The second kappa shape index (κ2) is 13.1. The molecule has 1 aromatic carbocycles. The van der Waals surface area contributed by atoms with E-state index in [1.54, 1.807) is 19.4 Å². The molecule has 0 saturated heterocycles. The third-order valence-corrected chi connectivity index (χ3v) is 8.02. The lowest BCUT2D eigenvalue weighted by Gasteiger charge is -2.28. The zero-order valence-corrected chi connectivity index (χ0v) is 24.7. The molecule has 1 saturated carbocycles. The molecule has 14 heteroatoms. The van der Waals surface area contributed by atoms with E-state index in [9.17, 15) is 19.1 Å². The molecule has 12 nitrogen and oxygen atoms in total. The summed E-state index contributed by atoms with van der Waals surface area (Å²) in [5.41, 5.74) is 1.03. The van der Waals surface area contributed by atoms with E-state index in [2.05, 4.69) is 25.7 Å². The molecule has 228 valence electrons. The number of hydrogen-bond acceptors (Lipinski definition) is 9. The topological polar surface area (TPSA) is 145 Å². The van der Waals surface area contributed by atoms with Crippen molar-refractivity contribution in [1.29, 1.82) is 0 Å². The standard InChI is InChI=1S/C29H33ClFN7O5/c1-16(27(40)35-24(14-39)17-8-19(31)11-22(9-17)43-3)37-15-33-38-13-18(10-25(38)28(37)41)26-23(30)12-32-29(36-26)34-20-4-6-21(42-2)7-5-20/h8-13,15-16,20-21,24,39H,4-7,14H2,1-3H3,(H,35,40)(H,32,34,36)/t16-,20-,21-,24-/m1/s1. The van der Waals surface area contributed by atoms with Crippen molar-refractivity contribution in [2.45, 2.75) is 56.8 Å². The Kier molecular flexibility index (Phi) is 9.23. The minimum atomic E-state index is -1.00. The molecule has 0 radical (unpaired) electrons. The summed E-state index contributed by atoms with van der Waals surface area (Å²) < 4.78 is 27.1. The Bertz CT molecular complexity index is 1670. The largest absolute Gasteiger partial charge is 0.497 e. The number of nitrogens with one attached hydrogen (secondary N) is 2. The molecule has 0 unspecified atom stereocenters. The number of benzene rings is 1. The third-order valence-electron chi connectivity index (χ3n) is 7.74. The normalized spacial score (nSPS) is 18.3. The molecule has 4 aromatic rings. The van der Waals surface area contributed by atoms with Crippen LogP contribution < -0.4 is 20.9 Å². The van der Waals surface area contributed by atoms with Crippen molar-refractivity contribution < 1.29 is 23.8 Å². The van der Waals surface area contributed by atoms with Gasteiger partial charge in [0.1, 0.15) is 29.5 Å². The number of carbonyl (C=O) groups excluding carboxylic acids is 1. The van der Waals surface area contributed by atoms with Crippen LogP contribution in [0.1, 0.15) is 50.3 Å². The van der Waals surface area contributed by atoms with Gasteiger partial charge in [-0.15, -0.1) is 0 Å². The highest BCUT2D eigenvalue weighted by atomic mass is 35.5. The van der Waals surface area contributed by atoms with Crippen LogP contribution in [0, 0.1) is 5.82 Å². The number of rotatable bonds is 10. The number of aliphatic hydroxyl groups excluding tert-OH is 1. The van der Waals surface area contributed by atoms with Crippen molar-refractivity contribution in [3.05, 3.63) is 69.7 Å². The molecule has 2 atom stereocenters. The molecule has 1 aliphatic rings. The van der Waals surface area contributed by atoms with Gasteiger partial charge in [-0.3, -0.25) is 14.2 Å². The van der Waals surface area contributed by atoms with E-state index < -0.39 is 36.0 Å². The third kappa shape index (κ3) is 6.63. The second-order valence-electron chi connectivity index (χ2n) is 10.5. The van der Waals surface area contributed by atoms with Crippen molar-refractivity contribution >= 4 is 29.0 Å². The maximum atomic E-state index is 14.0. The van der Waals surface area contributed by atoms with Crippen molar-refractivity contribution in [2.75, 3.05) is 26.1 Å².